The summed E-state index contributed by atoms with van der Waals surface area (Å²) in [5, 5.41) is 0. The van der Waals surface area contributed by atoms with Crippen LogP contribution in [0, 0.1) is 5.92 Å². The quantitative estimate of drug-likeness (QED) is 0.161. The monoisotopic (exact) mass is 622 g/mol. The Bertz CT molecular complexity index is 1590. The molecule has 46 heavy (non-hydrogen) atoms. The highest BCUT2D eigenvalue weighted by atomic mass is 16.7. The topological polar surface area (TPSA) is 72.5 Å². The van der Waals surface area contributed by atoms with E-state index < -0.39 is 24.1 Å². The second-order valence-electron chi connectivity index (χ2n) is 11.9. The maximum atomic E-state index is 12.5. The Morgan fingerprint density at radius 2 is 1.46 bits per heavy atom. The van der Waals surface area contributed by atoms with Crippen LogP contribution in [0.15, 0.2) is 97.1 Å². The van der Waals surface area contributed by atoms with Crippen LogP contribution in [0.3, 0.4) is 0 Å². The van der Waals surface area contributed by atoms with Crippen molar-refractivity contribution in [2.45, 2.75) is 64.0 Å². The van der Waals surface area contributed by atoms with Crippen LogP contribution in [0.2, 0.25) is 0 Å². The molecule has 0 spiro atoms. The Balaban J connectivity index is 1.39. The van der Waals surface area contributed by atoms with Crippen molar-refractivity contribution < 1.29 is 33.2 Å². The molecule has 0 N–H and O–H groups in total. The lowest BCUT2D eigenvalue weighted by molar-refractivity contribution is -0.361. The first kappa shape index (κ1) is 32.0. The molecule has 7 nitrogen and oxygen atoms in total. The predicted molar refractivity (Wildman–Crippen MR) is 175 cm³/mol. The second kappa shape index (κ2) is 14.6. The Morgan fingerprint density at radius 3 is 2.11 bits per heavy atom. The minimum Gasteiger partial charge on any atom is -0.486 e. The molecule has 0 amide bonds. The molecule has 4 aromatic carbocycles. The van der Waals surface area contributed by atoms with Crippen molar-refractivity contribution in [1.82, 2.24) is 0 Å². The van der Waals surface area contributed by atoms with Gasteiger partial charge in [0.1, 0.15) is 31.7 Å². The lowest BCUT2D eigenvalue weighted by Gasteiger charge is -2.50. The number of hydrogen-bond acceptors (Lipinski definition) is 7. The van der Waals surface area contributed by atoms with E-state index in [-0.39, 0.29) is 5.92 Å². The minimum atomic E-state index is -1.41. The molecule has 4 aromatic rings. The van der Waals surface area contributed by atoms with Crippen LogP contribution < -0.4 is 9.47 Å². The van der Waals surface area contributed by atoms with Gasteiger partial charge in [0, 0.05) is 18.6 Å². The molecule has 2 aliphatic rings. The van der Waals surface area contributed by atoms with Crippen molar-refractivity contribution in [2.75, 3.05) is 20.3 Å². The summed E-state index contributed by atoms with van der Waals surface area (Å²) in [5.41, 5.74) is 6.25. The van der Waals surface area contributed by atoms with Gasteiger partial charge in [-0.3, -0.25) is 0 Å². The van der Waals surface area contributed by atoms with E-state index in [0.717, 1.165) is 52.0 Å². The fourth-order valence-electron chi connectivity index (χ4n) is 6.46. The number of aldehydes is 1. The van der Waals surface area contributed by atoms with Crippen molar-refractivity contribution >= 4 is 6.29 Å². The van der Waals surface area contributed by atoms with Crippen LogP contribution in [0.5, 0.6) is 11.5 Å². The van der Waals surface area contributed by atoms with Crippen molar-refractivity contribution in [2.24, 2.45) is 5.92 Å². The zero-order valence-corrected chi connectivity index (χ0v) is 26.7. The summed E-state index contributed by atoms with van der Waals surface area (Å²) < 4.78 is 38.0. The molecule has 2 heterocycles. The maximum Gasteiger partial charge on any atom is 0.225 e. The van der Waals surface area contributed by atoms with E-state index in [1.807, 2.05) is 85.8 Å². The number of hydrogen-bond donors (Lipinski definition) is 0. The molecular formula is C39H42O7. The second-order valence-corrected chi connectivity index (χ2v) is 11.9. The number of benzene rings is 4. The minimum absolute atomic E-state index is 0.294. The van der Waals surface area contributed by atoms with Crippen molar-refractivity contribution in [1.29, 1.82) is 0 Å². The summed E-state index contributed by atoms with van der Waals surface area (Å²) in [7, 11) is 1.61. The number of carbonyl (C=O) groups is 1. The first-order valence-corrected chi connectivity index (χ1v) is 16.0. The summed E-state index contributed by atoms with van der Waals surface area (Å²) in [6.45, 7) is 5.89. The highest BCUT2D eigenvalue weighted by molar-refractivity contribution is 5.57. The summed E-state index contributed by atoms with van der Waals surface area (Å²) in [5.74, 6) is -0.181. The van der Waals surface area contributed by atoms with Crippen LogP contribution >= 0.6 is 0 Å². The molecule has 1 unspecified atom stereocenters. The molecule has 0 aliphatic carbocycles. The Morgan fingerprint density at radius 1 is 0.783 bits per heavy atom. The van der Waals surface area contributed by atoms with Gasteiger partial charge < -0.3 is 33.2 Å². The van der Waals surface area contributed by atoms with Crippen LogP contribution in [0.4, 0.5) is 0 Å². The van der Waals surface area contributed by atoms with E-state index >= 15 is 0 Å². The Kier molecular flexibility index (Phi) is 10.1. The molecule has 5 atom stereocenters. The zero-order valence-electron chi connectivity index (χ0n) is 26.7. The van der Waals surface area contributed by atoms with Gasteiger partial charge in [0.05, 0.1) is 19.3 Å². The third-order valence-electron chi connectivity index (χ3n) is 9.01. The molecule has 0 saturated carbocycles. The Labute approximate surface area is 271 Å². The number of aryl methyl sites for hydroxylation is 1. The zero-order chi connectivity index (χ0) is 31.9. The Hall–Kier alpha value is -4.01. The van der Waals surface area contributed by atoms with Crippen molar-refractivity contribution in [3.8, 4) is 11.5 Å². The van der Waals surface area contributed by atoms with E-state index in [0.29, 0.717) is 32.8 Å². The summed E-state index contributed by atoms with van der Waals surface area (Å²) in [6, 6.07) is 32.4. The summed E-state index contributed by atoms with van der Waals surface area (Å²) in [4.78, 5) is 12.5. The molecule has 240 valence electrons. The molecule has 2 aliphatic heterocycles. The smallest absolute Gasteiger partial charge is 0.225 e. The van der Waals surface area contributed by atoms with Gasteiger partial charge in [-0.2, -0.15) is 0 Å². The third-order valence-corrected chi connectivity index (χ3v) is 9.01. The molecule has 1 fully saturated rings. The largest absolute Gasteiger partial charge is 0.486 e. The number of ether oxygens (including phenoxy) is 6. The average molecular weight is 623 g/mol. The van der Waals surface area contributed by atoms with Gasteiger partial charge in [0.25, 0.3) is 0 Å². The van der Waals surface area contributed by atoms with Gasteiger partial charge in [0.15, 0.2) is 11.5 Å². The van der Waals surface area contributed by atoms with Gasteiger partial charge in [-0.15, -0.1) is 0 Å². The van der Waals surface area contributed by atoms with Gasteiger partial charge >= 0.3 is 0 Å². The molecule has 0 bridgehead atoms. The maximum absolute atomic E-state index is 12.5. The molecule has 6 rings (SSSR count). The van der Waals surface area contributed by atoms with Gasteiger partial charge in [-0.25, -0.2) is 0 Å². The third kappa shape index (κ3) is 6.74. The van der Waals surface area contributed by atoms with Crippen LogP contribution in [0.25, 0.3) is 0 Å². The number of carbonyl (C=O) groups excluding carboxylic acids is 1. The lowest BCUT2D eigenvalue weighted by atomic mass is 9.82. The number of rotatable bonds is 12. The first-order chi connectivity index (χ1) is 22.5. The van der Waals surface area contributed by atoms with Crippen LogP contribution in [0.1, 0.15) is 47.2 Å². The SMILES string of the molecule is CCc1ccc(C2(OC)O[C@H](C=O)[C@@H](C)[C@H](OCc3ccccc3)[C@H]2OCc2ccccc2)cc1Cc1ccc2c(c1)OCCO2. The van der Waals surface area contributed by atoms with Crippen LogP contribution in [-0.2, 0) is 55.6 Å². The molecule has 0 radical (unpaired) electrons. The highest BCUT2D eigenvalue weighted by Crippen LogP contribution is 2.45. The molecule has 0 aromatic heterocycles. The molecular weight excluding hydrogens is 580 g/mol. The van der Waals surface area contributed by atoms with E-state index in [9.17, 15) is 4.79 Å². The lowest BCUT2D eigenvalue weighted by Crippen LogP contribution is -2.62. The van der Waals surface area contributed by atoms with Crippen molar-refractivity contribution in [3.63, 3.8) is 0 Å². The van der Waals surface area contributed by atoms with E-state index in [4.69, 9.17) is 28.4 Å². The normalized spacial score (nSPS) is 24.0. The van der Waals surface area contributed by atoms with Crippen molar-refractivity contribution in [3.05, 3.63) is 130 Å². The van der Waals surface area contributed by atoms with Gasteiger partial charge in [0.2, 0.25) is 5.79 Å². The fraction of sp³-hybridized carbons (Fsp3) is 0.359. The predicted octanol–water partition coefficient (Wildman–Crippen LogP) is 6.81. The fourth-order valence-corrected chi connectivity index (χ4v) is 6.46. The van der Waals surface area contributed by atoms with Gasteiger partial charge in [-0.05, 0) is 58.9 Å². The highest BCUT2D eigenvalue weighted by Gasteiger charge is 2.56. The average Bonchev–Trinajstić information content (AvgIpc) is 3.11. The summed E-state index contributed by atoms with van der Waals surface area (Å²) >= 11 is 0. The van der Waals surface area contributed by atoms with Crippen LogP contribution in [-0.4, -0.2) is 44.9 Å². The van der Waals surface area contributed by atoms with E-state index in [2.05, 4.69) is 25.1 Å². The van der Waals surface area contributed by atoms with E-state index in [1.54, 1.807) is 7.11 Å². The van der Waals surface area contributed by atoms with Gasteiger partial charge in [-0.1, -0.05) is 92.7 Å². The number of fused-ring (bicyclic) bond motifs is 1. The number of methoxy groups -OCH3 is 1. The molecule has 7 heteroatoms. The first-order valence-electron chi connectivity index (χ1n) is 16.0. The molecule has 1 saturated heterocycles. The standard InChI is InChI=1S/C39H42O7/c1-4-31-16-17-33(23-32(31)21-30-15-18-34-35(22-30)43-20-19-42-34)39(41-3)38(45-26-29-13-9-6-10-14-29)37(27(2)36(24-40)46-39)44-25-28-11-7-5-8-12-28/h5-18,22-24,27,36-38H,4,19-21,25-26H2,1-3H3/t27-,36-,37+,38-,39?/m1/s1. The summed E-state index contributed by atoms with van der Waals surface area (Å²) in [6.07, 6.45) is 0.392. The van der Waals surface area contributed by atoms with E-state index in [1.165, 1.54) is 5.56 Å².